The highest BCUT2D eigenvalue weighted by Gasteiger charge is 2.56. The van der Waals surface area contributed by atoms with E-state index in [1.807, 2.05) is 0 Å². The smallest absolute Gasteiger partial charge is 0.277 e. The van der Waals surface area contributed by atoms with Gasteiger partial charge in [0.1, 0.15) is 5.41 Å². The van der Waals surface area contributed by atoms with E-state index in [9.17, 15) is 14.4 Å². The Morgan fingerprint density at radius 2 is 1.57 bits per heavy atom. The summed E-state index contributed by atoms with van der Waals surface area (Å²) in [6.45, 7) is 2.61. The van der Waals surface area contributed by atoms with Crippen molar-refractivity contribution in [2.24, 2.45) is 10.8 Å². The van der Waals surface area contributed by atoms with E-state index in [2.05, 4.69) is 12.2 Å². The molecule has 0 aromatic rings. The Morgan fingerprint density at radius 1 is 1.00 bits per heavy atom. The molecule has 0 bridgehead atoms. The molecule has 0 atom stereocenters. The van der Waals surface area contributed by atoms with Gasteiger partial charge in [0.05, 0.1) is 0 Å². The zero-order chi connectivity index (χ0) is 15.1. The van der Waals surface area contributed by atoms with Crippen molar-refractivity contribution in [2.45, 2.75) is 64.7 Å². The number of carbonyl (C=O) groups excluding carboxylic acids is 3. The summed E-state index contributed by atoms with van der Waals surface area (Å²) in [6.07, 6.45) is 8.40. The number of barbiturate groups is 1. The van der Waals surface area contributed by atoms with Crippen molar-refractivity contribution in [2.75, 3.05) is 6.54 Å². The van der Waals surface area contributed by atoms with Gasteiger partial charge in [0.25, 0.3) is 0 Å². The van der Waals surface area contributed by atoms with Crippen LogP contribution in [0.4, 0.5) is 4.79 Å². The minimum Gasteiger partial charge on any atom is -0.277 e. The Kier molecular flexibility index (Phi) is 3.54. The first-order valence-electron chi connectivity index (χ1n) is 8.20. The van der Waals surface area contributed by atoms with Crippen LogP contribution >= 0.6 is 0 Å². The fourth-order valence-corrected chi connectivity index (χ4v) is 4.38. The molecule has 21 heavy (non-hydrogen) atoms. The van der Waals surface area contributed by atoms with Crippen LogP contribution in [0.2, 0.25) is 0 Å². The molecule has 3 aliphatic rings. The van der Waals surface area contributed by atoms with Crippen molar-refractivity contribution in [3.8, 4) is 0 Å². The molecule has 1 heterocycles. The molecule has 0 aromatic carbocycles. The number of hydrogen-bond donors (Lipinski definition) is 1. The zero-order valence-corrected chi connectivity index (χ0v) is 12.7. The van der Waals surface area contributed by atoms with Gasteiger partial charge in [-0.3, -0.25) is 19.8 Å². The summed E-state index contributed by atoms with van der Waals surface area (Å²) >= 11 is 0. The van der Waals surface area contributed by atoms with Gasteiger partial charge in [-0.2, -0.15) is 0 Å². The van der Waals surface area contributed by atoms with Crippen molar-refractivity contribution in [1.29, 1.82) is 0 Å². The van der Waals surface area contributed by atoms with E-state index < -0.39 is 11.4 Å². The molecule has 1 saturated heterocycles. The van der Waals surface area contributed by atoms with Crippen molar-refractivity contribution in [1.82, 2.24) is 10.2 Å². The number of nitrogens with one attached hydrogen (secondary N) is 1. The standard InChI is InChI=1S/C16H24N2O3/c1-2-15(7-3-4-8-15)11-18-13(20)16(9-5-6-10-16)12(19)17-14(18)21/h2-11H2,1H3,(H,17,19,21). The van der Waals surface area contributed by atoms with Crippen LogP contribution in [0.25, 0.3) is 0 Å². The first-order valence-corrected chi connectivity index (χ1v) is 8.20. The van der Waals surface area contributed by atoms with Crippen LogP contribution in [0.1, 0.15) is 64.7 Å². The molecule has 4 amide bonds. The van der Waals surface area contributed by atoms with Gasteiger partial charge in [-0.25, -0.2) is 4.79 Å². The second kappa shape index (κ2) is 5.11. The predicted molar refractivity (Wildman–Crippen MR) is 77.3 cm³/mol. The maximum Gasteiger partial charge on any atom is 0.330 e. The molecule has 0 aromatic heterocycles. The normalized spacial score (nSPS) is 27.5. The molecule has 116 valence electrons. The zero-order valence-electron chi connectivity index (χ0n) is 12.7. The van der Waals surface area contributed by atoms with Crippen LogP contribution < -0.4 is 5.32 Å². The third-order valence-electron chi connectivity index (χ3n) is 5.92. The van der Waals surface area contributed by atoms with E-state index in [-0.39, 0.29) is 17.2 Å². The summed E-state index contributed by atoms with van der Waals surface area (Å²) < 4.78 is 0. The van der Waals surface area contributed by atoms with Crippen LogP contribution in [0.3, 0.4) is 0 Å². The number of imide groups is 2. The van der Waals surface area contributed by atoms with Gasteiger partial charge in [-0.1, -0.05) is 32.6 Å². The summed E-state index contributed by atoms with van der Waals surface area (Å²) in [5, 5.41) is 2.44. The fraction of sp³-hybridized carbons (Fsp3) is 0.812. The number of amides is 4. The lowest BCUT2D eigenvalue weighted by atomic mass is 9.79. The van der Waals surface area contributed by atoms with Gasteiger partial charge in [0.15, 0.2) is 0 Å². The molecule has 2 aliphatic carbocycles. The minimum atomic E-state index is -0.957. The van der Waals surface area contributed by atoms with E-state index in [0.717, 1.165) is 32.1 Å². The minimum absolute atomic E-state index is 0.0627. The van der Waals surface area contributed by atoms with Crippen molar-refractivity contribution < 1.29 is 14.4 Å². The van der Waals surface area contributed by atoms with E-state index in [4.69, 9.17) is 0 Å². The lowest BCUT2D eigenvalue weighted by Gasteiger charge is -2.41. The average molecular weight is 292 g/mol. The van der Waals surface area contributed by atoms with Gasteiger partial charge in [0, 0.05) is 6.54 Å². The van der Waals surface area contributed by atoms with E-state index in [1.165, 1.54) is 17.7 Å². The maximum atomic E-state index is 12.9. The molecule has 3 rings (SSSR count). The van der Waals surface area contributed by atoms with Crippen LogP contribution in [-0.4, -0.2) is 29.3 Å². The van der Waals surface area contributed by atoms with Crippen LogP contribution in [0.5, 0.6) is 0 Å². The number of carbonyl (C=O) groups is 3. The quantitative estimate of drug-likeness (QED) is 0.813. The Hall–Kier alpha value is -1.39. The lowest BCUT2D eigenvalue weighted by Crippen LogP contribution is -2.64. The first-order chi connectivity index (χ1) is 10.0. The van der Waals surface area contributed by atoms with Gasteiger partial charge in [0.2, 0.25) is 11.8 Å². The Balaban J connectivity index is 1.85. The number of urea groups is 1. The Bertz CT molecular complexity index is 474. The summed E-state index contributed by atoms with van der Waals surface area (Å²) in [6, 6.07) is -0.512. The van der Waals surface area contributed by atoms with Crippen LogP contribution in [0, 0.1) is 10.8 Å². The summed E-state index contributed by atoms with van der Waals surface area (Å²) in [5.41, 5.74) is -0.894. The largest absolute Gasteiger partial charge is 0.330 e. The SMILES string of the molecule is CCC1(CN2C(=O)NC(=O)C3(CCCC3)C2=O)CCCC1. The van der Waals surface area contributed by atoms with Gasteiger partial charge in [-0.05, 0) is 37.5 Å². The molecule has 5 heteroatoms. The first kappa shape index (κ1) is 14.5. The predicted octanol–water partition coefficient (Wildman–Crippen LogP) is 2.60. The molecule has 3 fully saturated rings. The highest BCUT2D eigenvalue weighted by molar-refractivity contribution is 6.19. The highest BCUT2D eigenvalue weighted by Crippen LogP contribution is 2.45. The third-order valence-corrected chi connectivity index (χ3v) is 5.92. The second-order valence-electron chi connectivity index (χ2n) is 7.00. The number of hydrogen-bond acceptors (Lipinski definition) is 3. The van der Waals surface area contributed by atoms with E-state index in [1.54, 1.807) is 0 Å². The van der Waals surface area contributed by atoms with E-state index >= 15 is 0 Å². The highest BCUT2D eigenvalue weighted by atomic mass is 16.2. The maximum absolute atomic E-state index is 12.9. The third kappa shape index (κ3) is 2.17. The number of rotatable bonds is 3. The summed E-state index contributed by atoms with van der Waals surface area (Å²) in [7, 11) is 0. The lowest BCUT2D eigenvalue weighted by molar-refractivity contribution is -0.152. The molecule has 1 aliphatic heterocycles. The number of nitrogens with zero attached hydrogens (tertiary/aromatic N) is 1. The molecule has 0 unspecified atom stereocenters. The van der Waals surface area contributed by atoms with Crippen molar-refractivity contribution >= 4 is 17.8 Å². The molecular weight excluding hydrogens is 268 g/mol. The Morgan fingerprint density at radius 3 is 2.14 bits per heavy atom. The van der Waals surface area contributed by atoms with Crippen molar-refractivity contribution in [3.05, 3.63) is 0 Å². The van der Waals surface area contributed by atoms with Crippen LogP contribution in [-0.2, 0) is 9.59 Å². The van der Waals surface area contributed by atoms with Gasteiger partial charge < -0.3 is 0 Å². The van der Waals surface area contributed by atoms with Gasteiger partial charge in [-0.15, -0.1) is 0 Å². The summed E-state index contributed by atoms with van der Waals surface area (Å²) in [5.74, 6) is -0.614. The summed E-state index contributed by atoms with van der Waals surface area (Å²) in [4.78, 5) is 38.6. The molecule has 1 N–H and O–H groups in total. The molecule has 2 saturated carbocycles. The Labute approximate surface area is 125 Å². The van der Waals surface area contributed by atoms with E-state index in [0.29, 0.717) is 19.4 Å². The molecule has 5 nitrogen and oxygen atoms in total. The monoisotopic (exact) mass is 292 g/mol. The average Bonchev–Trinajstić information content (AvgIpc) is 3.13. The second-order valence-corrected chi connectivity index (χ2v) is 7.00. The molecule has 1 spiro atoms. The topological polar surface area (TPSA) is 66.5 Å². The van der Waals surface area contributed by atoms with Gasteiger partial charge >= 0.3 is 6.03 Å². The van der Waals surface area contributed by atoms with Crippen molar-refractivity contribution in [3.63, 3.8) is 0 Å². The fourth-order valence-electron chi connectivity index (χ4n) is 4.38. The molecular formula is C16H24N2O3. The molecule has 0 radical (unpaired) electrons. The van der Waals surface area contributed by atoms with Crippen LogP contribution in [0.15, 0.2) is 0 Å².